The number of fused-ring (bicyclic) bond motifs is 2. The van der Waals surface area contributed by atoms with Gasteiger partial charge in [-0.05, 0) is 62.1 Å². The molecule has 0 radical (unpaired) electrons. The highest BCUT2D eigenvalue weighted by Gasteiger charge is 2.54. The highest BCUT2D eigenvalue weighted by Crippen LogP contribution is 2.52. The average Bonchev–Trinajstić information content (AvgIpc) is 3.70. The van der Waals surface area contributed by atoms with E-state index >= 15 is 0 Å². The van der Waals surface area contributed by atoms with Crippen LogP contribution in [0.3, 0.4) is 0 Å². The summed E-state index contributed by atoms with van der Waals surface area (Å²) < 4.78 is 45.0. The van der Waals surface area contributed by atoms with Crippen LogP contribution in [0.2, 0.25) is 5.02 Å². The number of nitrogens with zero attached hydrogens (tertiary/aromatic N) is 5. The molecule has 12 nitrogen and oxygen atoms in total. The molecular formula is C32H31ClF3N7O5. The molecule has 3 amide bonds. The van der Waals surface area contributed by atoms with Crippen molar-refractivity contribution >= 4 is 35.0 Å². The number of hydrogen-bond donors (Lipinski definition) is 3. The van der Waals surface area contributed by atoms with Crippen LogP contribution in [0, 0.1) is 5.41 Å². The van der Waals surface area contributed by atoms with E-state index in [2.05, 4.69) is 15.8 Å². The molecule has 1 unspecified atom stereocenters. The number of pyridine rings is 1. The second-order valence-corrected chi connectivity index (χ2v) is 12.7. The fourth-order valence-electron chi connectivity index (χ4n) is 7.07. The Kier molecular flexibility index (Phi) is 8.08. The number of hydrogen-bond acceptors (Lipinski definition) is 9. The third-order valence-corrected chi connectivity index (χ3v) is 9.65. The topological polar surface area (TPSA) is 131 Å². The number of aromatic nitrogens is 1. The third-order valence-electron chi connectivity index (χ3n) is 9.34. The molecule has 2 aromatic rings. The van der Waals surface area contributed by atoms with Gasteiger partial charge < -0.3 is 25.0 Å². The molecule has 4 aliphatic heterocycles. The number of carbonyl (C=O) groups excluding carboxylic acids is 3. The molecule has 3 N–H and O–H groups in total. The summed E-state index contributed by atoms with van der Waals surface area (Å²) in [5, 5.41) is 15.7. The van der Waals surface area contributed by atoms with E-state index in [1.807, 2.05) is 6.08 Å². The number of rotatable bonds is 5. The van der Waals surface area contributed by atoms with Gasteiger partial charge in [0.1, 0.15) is 12.3 Å². The lowest BCUT2D eigenvalue weighted by Crippen LogP contribution is -2.55. The van der Waals surface area contributed by atoms with Crippen LogP contribution in [-0.4, -0.2) is 80.5 Å². The van der Waals surface area contributed by atoms with Gasteiger partial charge in [0, 0.05) is 48.1 Å². The summed E-state index contributed by atoms with van der Waals surface area (Å²) in [4.78, 5) is 48.8. The molecule has 252 valence electrons. The Morgan fingerprint density at radius 1 is 1.19 bits per heavy atom. The summed E-state index contributed by atoms with van der Waals surface area (Å²) in [7, 11) is 0. The van der Waals surface area contributed by atoms with Crippen molar-refractivity contribution in [2.24, 2.45) is 5.41 Å². The maximum atomic E-state index is 14.4. The number of likely N-dealkylation sites (tertiary alicyclic amines) is 1. The molecule has 1 aliphatic carbocycles. The van der Waals surface area contributed by atoms with E-state index in [9.17, 15) is 32.7 Å². The zero-order valence-corrected chi connectivity index (χ0v) is 26.3. The molecule has 48 heavy (non-hydrogen) atoms. The second kappa shape index (κ2) is 12.1. The van der Waals surface area contributed by atoms with Crippen LogP contribution in [0.5, 0.6) is 5.75 Å². The van der Waals surface area contributed by atoms with Crippen LogP contribution < -0.4 is 10.9 Å². The fraction of sp³-hybridized carbons (Fsp3) is 0.375. The van der Waals surface area contributed by atoms with Crippen molar-refractivity contribution in [3.8, 4) is 5.75 Å². The van der Waals surface area contributed by atoms with Gasteiger partial charge >= 0.3 is 6.18 Å². The van der Waals surface area contributed by atoms with Gasteiger partial charge in [-0.15, -0.1) is 5.53 Å². The minimum atomic E-state index is -4.60. The summed E-state index contributed by atoms with van der Waals surface area (Å²) in [5.41, 5.74) is 3.43. The first-order valence-corrected chi connectivity index (χ1v) is 15.8. The van der Waals surface area contributed by atoms with Gasteiger partial charge in [0.15, 0.2) is 11.5 Å². The number of hydrazine groups is 2. The monoisotopic (exact) mass is 685 g/mol. The van der Waals surface area contributed by atoms with Gasteiger partial charge in [0.2, 0.25) is 5.91 Å². The number of alkyl halides is 3. The highest BCUT2D eigenvalue weighted by atomic mass is 35.5. The van der Waals surface area contributed by atoms with Crippen LogP contribution in [-0.2, 0) is 20.5 Å². The normalized spacial score (nSPS) is 22.5. The molecule has 16 heteroatoms. The lowest BCUT2D eigenvalue weighted by molar-refractivity contribution is -0.137. The lowest BCUT2D eigenvalue weighted by Gasteiger charge is -2.46. The number of carbonyl (C=O) groups is 3. The summed E-state index contributed by atoms with van der Waals surface area (Å²) in [6, 6.07) is 5.63. The zero-order chi connectivity index (χ0) is 33.8. The minimum Gasteiger partial charge on any atom is -0.505 e. The molecule has 7 rings (SSSR count). The largest absolute Gasteiger partial charge is 0.505 e. The summed E-state index contributed by atoms with van der Waals surface area (Å²) in [6.07, 6.45) is 3.30. The summed E-state index contributed by atoms with van der Waals surface area (Å²) in [5.74, 6) is -1.13. The van der Waals surface area contributed by atoms with Crippen molar-refractivity contribution in [1.29, 1.82) is 0 Å². The Hall–Kier alpha value is -4.60. The maximum absolute atomic E-state index is 14.4. The van der Waals surface area contributed by atoms with Crippen LogP contribution in [0.1, 0.15) is 48.2 Å². The molecule has 1 fully saturated rings. The number of ether oxygens (including phenoxy) is 1. The molecule has 1 saturated heterocycles. The number of benzene rings is 1. The molecular weight excluding hydrogens is 655 g/mol. The standard InChI is InChI=1S/C32H31ClF3N7O5/c33-21-15-19(32(34,35)36)5-6-22(21)38-25(45)16-41-23-3-1-9-31(10-12-40(18-31)30(47)28-24(44)4-2-11-37-28)27(23)29(46)43-26(41)17-42(39-43)20-7-13-48-14-8-20/h2,4-7,11,15,17,39,44H,1,3,8-10,12-14,16,18H2,(H,38,45). The molecule has 1 aromatic carbocycles. The van der Waals surface area contributed by atoms with Gasteiger partial charge in [0.05, 0.1) is 35.7 Å². The number of nitrogens with one attached hydrogen (secondary N) is 2. The van der Waals surface area contributed by atoms with Gasteiger partial charge in [-0.25, -0.2) is 9.99 Å². The molecule has 1 aromatic heterocycles. The Bertz CT molecular complexity index is 1800. The van der Waals surface area contributed by atoms with Crippen LogP contribution in [0.4, 0.5) is 18.9 Å². The van der Waals surface area contributed by atoms with Crippen molar-refractivity contribution in [3.63, 3.8) is 0 Å². The predicted octanol–water partition coefficient (Wildman–Crippen LogP) is 4.35. The van der Waals surface area contributed by atoms with Crippen molar-refractivity contribution in [3.05, 3.63) is 87.9 Å². The van der Waals surface area contributed by atoms with Crippen LogP contribution >= 0.6 is 11.6 Å². The number of aromatic hydroxyl groups is 1. The Balaban J connectivity index is 1.22. The van der Waals surface area contributed by atoms with Crippen molar-refractivity contribution in [1.82, 2.24) is 30.3 Å². The third kappa shape index (κ3) is 5.65. The van der Waals surface area contributed by atoms with Gasteiger partial charge in [0.25, 0.3) is 11.8 Å². The van der Waals surface area contributed by atoms with Crippen molar-refractivity contribution in [2.45, 2.75) is 38.3 Å². The lowest BCUT2D eigenvalue weighted by atomic mass is 9.69. The quantitative estimate of drug-likeness (QED) is 0.421. The molecule has 1 spiro atoms. The van der Waals surface area contributed by atoms with Gasteiger partial charge in [-0.3, -0.25) is 19.4 Å². The SMILES string of the molecule is O=C(CN1C2=CN(C3=CCOCC3)NN2C(=O)C2=C1CCCC21CCN(C(=O)c2ncccc2O)C1)Nc1ccc(C(F)(F)F)cc1Cl. The van der Waals surface area contributed by atoms with Gasteiger partial charge in [-0.1, -0.05) is 11.6 Å². The number of anilines is 1. The van der Waals surface area contributed by atoms with Crippen molar-refractivity contribution in [2.75, 3.05) is 38.2 Å². The van der Waals surface area contributed by atoms with E-state index in [4.69, 9.17) is 16.3 Å². The molecule has 5 aliphatic rings. The Morgan fingerprint density at radius 3 is 2.75 bits per heavy atom. The number of allylic oxidation sites excluding steroid dienone is 1. The molecule has 1 atom stereocenters. The van der Waals surface area contributed by atoms with Gasteiger partial charge in [-0.2, -0.15) is 13.2 Å². The molecule has 5 heterocycles. The summed E-state index contributed by atoms with van der Waals surface area (Å²) in [6.45, 7) is 1.17. The minimum absolute atomic E-state index is 0.0177. The van der Waals surface area contributed by atoms with Crippen LogP contribution in [0.15, 0.2) is 71.6 Å². The first-order chi connectivity index (χ1) is 22.9. The summed E-state index contributed by atoms with van der Waals surface area (Å²) >= 11 is 6.13. The van der Waals surface area contributed by atoms with E-state index in [1.165, 1.54) is 23.3 Å². The Morgan fingerprint density at radius 2 is 2.02 bits per heavy atom. The van der Waals surface area contributed by atoms with E-state index in [1.54, 1.807) is 21.0 Å². The van der Waals surface area contributed by atoms with Crippen LogP contribution in [0.25, 0.3) is 0 Å². The average molecular weight is 686 g/mol. The van der Waals surface area contributed by atoms with E-state index in [0.717, 1.165) is 23.9 Å². The second-order valence-electron chi connectivity index (χ2n) is 12.2. The number of halogens is 4. The van der Waals surface area contributed by atoms with E-state index < -0.39 is 29.0 Å². The smallest absolute Gasteiger partial charge is 0.416 e. The first-order valence-electron chi connectivity index (χ1n) is 15.4. The molecule has 0 bridgehead atoms. The molecule has 0 saturated carbocycles. The Labute approximate surface area is 278 Å². The predicted molar refractivity (Wildman–Crippen MR) is 165 cm³/mol. The number of amides is 3. The van der Waals surface area contributed by atoms with Crippen molar-refractivity contribution < 1.29 is 37.4 Å². The highest BCUT2D eigenvalue weighted by molar-refractivity contribution is 6.33. The fourth-order valence-corrected chi connectivity index (χ4v) is 7.30. The zero-order valence-electron chi connectivity index (χ0n) is 25.5. The van der Waals surface area contributed by atoms with E-state index in [0.29, 0.717) is 69.0 Å². The maximum Gasteiger partial charge on any atom is 0.416 e. The first kappa shape index (κ1) is 32.0. The van der Waals surface area contributed by atoms with E-state index in [-0.39, 0.29) is 41.2 Å².